The highest BCUT2D eigenvalue weighted by molar-refractivity contribution is 5.94. The number of anilines is 1. The summed E-state index contributed by atoms with van der Waals surface area (Å²) in [6.45, 7) is 1.28. The summed E-state index contributed by atoms with van der Waals surface area (Å²) in [6, 6.07) is 3.00. The Morgan fingerprint density at radius 1 is 1.15 bits per heavy atom. The van der Waals surface area contributed by atoms with Crippen LogP contribution in [0, 0.1) is 17.6 Å². The van der Waals surface area contributed by atoms with Gasteiger partial charge in [0.15, 0.2) is 18.2 Å². The van der Waals surface area contributed by atoms with E-state index >= 15 is 0 Å². The number of quaternary nitrogens is 1. The van der Waals surface area contributed by atoms with Crippen molar-refractivity contribution in [1.82, 2.24) is 5.32 Å². The number of piperidine rings is 1. The zero-order valence-electron chi connectivity index (χ0n) is 14.4. The lowest BCUT2D eigenvalue weighted by Crippen LogP contribution is -3.14. The largest absolute Gasteiger partial charge is 0.469 e. The number of nitrogens with one attached hydrogen (secondary N) is 3. The highest BCUT2D eigenvalue weighted by Crippen LogP contribution is 2.13. The van der Waals surface area contributed by atoms with Gasteiger partial charge in [-0.05, 0) is 12.1 Å². The van der Waals surface area contributed by atoms with Gasteiger partial charge in [-0.2, -0.15) is 0 Å². The van der Waals surface area contributed by atoms with E-state index in [1.54, 1.807) is 0 Å². The summed E-state index contributed by atoms with van der Waals surface area (Å²) in [5, 5.41) is 4.87. The minimum absolute atomic E-state index is 0.110. The van der Waals surface area contributed by atoms with Crippen LogP contribution in [0.15, 0.2) is 18.2 Å². The summed E-state index contributed by atoms with van der Waals surface area (Å²) >= 11 is 0. The summed E-state index contributed by atoms with van der Waals surface area (Å²) in [6.07, 6.45) is 1.32. The second kappa shape index (κ2) is 9.23. The first kappa shape index (κ1) is 19.8. The van der Waals surface area contributed by atoms with Crippen LogP contribution in [0.5, 0.6) is 0 Å². The van der Waals surface area contributed by atoms with Crippen molar-refractivity contribution in [1.29, 1.82) is 0 Å². The number of esters is 1. The van der Waals surface area contributed by atoms with E-state index in [9.17, 15) is 23.2 Å². The molecule has 7 nitrogen and oxygen atoms in total. The normalized spacial score (nSPS) is 19.5. The van der Waals surface area contributed by atoms with Gasteiger partial charge < -0.3 is 20.3 Å². The maximum Gasteiger partial charge on any atom is 0.309 e. The number of rotatable bonds is 6. The van der Waals surface area contributed by atoms with Gasteiger partial charge in [-0.3, -0.25) is 14.4 Å². The summed E-state index contributed by atoms with van der Waals surface area (Å²) in [7, 11) is 1.36. The average Bonchev–Trinajstić information content (AvgIpc) is 2.63. The molecule has 1 aliphatic rings. The molecule has 0 radical (unpaired) electrons. The number of likely N-dealkylation sites (tertiary alicyclic amines) is 1. The van der Waals surface area contributed by atoms with Crippen LogP contribution in [-0.4, -0.2) is 51.1 Å². The van der Waals surface area contributed by atoms with Crippen molar-refractivity contribution in [2.75, 3.05) is 38.6 Å². The molecule has 0 spiro atoms. The van der Waals surface area contributed by atoms with Crippen molar-refractivity contribution < 1.29 is 32.8 Å². The van der Waals surface area contributed by atoms with Crippen LogP contribution in [0.3, 0.4) is 0 Å². The molecule has 0 aromatic heterocycles. The van der Waals surface area contributed by atoms with E-state index in [1.807, 2.05) is 0 Å². The Morgan fingerprint density at radius 3 is 2.46 bits per heavy atom. The van der Waals surface area contributed by atoms with Crippen LogP contribution in [0.25, 0.3) is 0 Å². The van der Waals surface area contributed by atoms with Crippen LogP contribution >= 0.6 is 0 Å². The minimum Gasteiger partial charge on any atom is -0.469 e. The van der Waals surface area contributed by atoms with Crippen LogP contribution in [-0.2, 0) is 19.1 Å². The minimum atomic E-state index is -1.06. The van der Waals surface area contributed by atoms with Gasteiger partial charge in [0, 0.05) is 24.6 Å². The number of carbonyl (C=O) groups excluding carboxylic acids is 3. The SMILES string of the molecule is COC(=O)C1CC[NH+](CC(=O)NCC(=O)Nc2ccc(F)c(F)c2)CC1. The van der Waals surface area contributed by atoms with Gasteiger partial charge >= 0.3 is 5.97 Å². The number of ether oxygens (including phenoxy) is 1. The molecule has 1 aromatic carbocycles. The van der Waals surface area contributed by atoms with Gasteiger partial charge in [0.05, 0.1) is 32.7 Å². The molecule has 0 aliphatic carbocycles. The first-order valence-corrected chi connectivity index (χ1v) is 8.32. The van der Waals surface area contributed by atoms with Gasteiger partial charge in [-0.1, -0.05) is 0 Å². The molecular formula is C17H22F2N3O4+. The van der Waals surface area contributed by atoms with E-state index in [1.165, 1.54) is 13.2 Å². The second-order valence-corrected chi connectivity index (χ2v) is 6.18. The second-order valence-electron chi connectivity index (χ2n) is 6.18. The van der Waals surface area contributed by atoms with Crippen molar-refractivity contribution in [2.45, 2.75) is 12.8 Å². The molecule has 142 valence electrons. The van der Waals surface area contributed by atoms with Crippen molar-refractivity contribution in [3.05, 3.63) is 29.8 Å². The zero-order valence-corrected chi connectivity index (χ0v) is 14.4. The molecule has 2 rings (SSSR count). The van der Waals surface area contributed by atoms with Gasteiger partial charge in [-0.15, -0.1) is 0 Å². The molecule has 0 atom stereocenters. The van der Waals surface area contributed by atoms with Gasteiger partial charge in [0.2, 0.25) is 5.91 Å². The average molecular weight is 370 g/mol. The number of amides is 2. The Labute approximate surface area is 149 Å². The fourth-order valence-corrected chi connectivity index (χ4v) is 2.85. The number of hydrogen-bond donors (Lipinski definition) is 3. The lowest BCUT2D eigenvalue weighted by atomic mass is 9.97. The monoisotopic (exact) mass is 370 g/mol. The molecule has 2 amide bonds. The van der Waals surface area contributed by atoms with E-state index in [-0.39, 0.29) is 36.6 Å². The van der Waals surface area contributed by atoms with Crippen LogP contribution < -0.4 is 15.5 Å². The molecule has 0 bridgehead atoms. The molecule has 0 unspecified atom stereocenters. The Bertz CT molecular complexity index is 676. The third-order valence-corrected chi connectivity index (χ3v) is 4.29. The summed E-state index contributed by atoms with van der Waals surface area (Å²) in [5.41, 5.74) is 0.110. The van der Waals surface area contributed by atoms with E-state index < -0.39 is 17.5 Å². The Morgan fingerprint density at radius 2 is 1.85 bits per heavy atom. The van der Waals surface area contributed by atoms with E-state index in [2.05, 4.69) is 10.6 Å². The Balaban J connectivity index is 1.69. The van der Waals surface area contributed by atoms with Crippen molar-refractivity contribution in [2.24, 2.45) is 5.92 Å². The first-order chi connectivity index (χ1) is 12.4. The molecular weight excluding hydrogens is 348 g/mol. The van der Waals surface area contributed by atoms with E-state index in [0.29, 0.717) is 25.9 Å². The van der Waals surface area contributed by atoms with Gasteiger partial charge in [-0.25, -0.2) is 8.78 Å². The zero-order chi connectivity index (χ0) is 19.1. The van der Waals surface area contributed by atoms with Gasteiger partial charge in [0.1, 0.15) is 0 Å². The highest BCUT2D eigenvalue weighted by Gasteiger charge is 2.29. The molecule has 9 heteroatoms. The van der Waals surface area contributed by atoms with E-state index in [4.69, 9.17) is 4.74 Å². The molecule has 1 saturated heterocycles. The Hall–Kier alpha value is -2.55. The number of hydrogen-bond acceptors (Lipinski definition) is 4. The summed E-state index contributed by atoms with van der Waals surface area (Å²) in [4.78, 5) is 36.2. The lowest BCUT2D eigenvalue weighted by Gasteiger charge is -2.27. The molecule has 1 heterocycles. The maximum absolute atomic E-state index is 13.1. The fourth-order valence-electron chi connectivity index (χ4n) is 2.85. The number of benzene rings is 1. The van der Waals surface area contributed by atoms with Crippen molar-refractivity contribution in [3.8, 4) is 0 Å². The van der Waals surface area contributed by atoms with Gasteiger partial charge in [0.25, 0.3) is 5.91 Å². The number of halogens is 2. The molecule has 3 N–H and O–H groups in total. The standard InChI is InChI=1S/C17H21F2N3O4/c1-26-17(25)11-4-6-22(7-5-11)10-16(24)20-9-15(23)21-12-2-3-13(18)14(19)8-12/h2-3,8,11H,4-7,9-10H2,1H3,(H,20,24)(H,21,23)/p+1. The molecule has 1 fully saturated rings. The van der Waals surface area contributed by atoms with Crippen LogP contribution in [0.4, 0.5) is 14.5 Å². The predicted molar refractivity (Wildman–Crippen MR) is 88.3 cm³/mol. The smallest absolute Gasteiger partial charge is 0.309 e. The first-order valence-electron chi connectivity index (χ1n) is 8.32. The quantitative estimate of drug-likeness (QED) is 0.589. The highest BCUT2D eigenvalue weighted by atomic mass is 19.2. The van der Waals surface area contributed by atoms with E-state index in [0.717, 1.165) is 17.0 Å². The third-order valence-electron chi connectivity index (χ3n) is 4.29. The Kier molecular flexibility index (Phi) is 7.02. The van der Waals surface area contributed by atoms with Crippen molar-refractivity contribution in [3.63, 3.8) is 0 Å². The summed E-state index contributed by atoms with van der Waals surface area (Å²) < 4.78 is 30.6. The van der Waals surface area contributed by atoms with Crippen molar-refractivity contribution >= 4 is 23.5 Å². The van der Waals surface area contributed by atoms with Crippen LogP contribution in [0.1, 0.15) is 12.8 Å². The topological polar surface area (TPSA) is 88.9 Å². The molecule has 1 aliphatic heterocycles. The maximum atomic E-state index is 13.1. The number of methoxy groups -OCH3 is 1. The molecule has 0 saturated carbocycles. The number of carbonyl (C=O) groups is 3. The fraction of sp³-hybridized carbons (Fsp3) is 0.471. The molecule has 1 aromatic rings. The van der Waals surface area contributed by atoms with Crippen LogP contribution in [0.2, 0.25) is 0 Å². The predicted octanol–water partition coefficient (Wildman–Crippen LogP) is -0.513. The third kappa shape index (κ3) is 5.76. The molecule has 26 heavy (non-hydrogen) atoms. The summed E-state index contributed by atoms with van der Waals surface area (Å²) in [5.74, 6) is -3.24. The lowest BCUT2D eigenvalue weighted by molar-refractivity contribution is -0.897.